The molecular formula is C40H43ClF3N11O4. The SMILES string of the molecule is CNc1cc(N2CCc3c(CN4CCC(N5CCN(C(=O)c6ccc(Cl)c(N7CCC(=O)NC7=O)c6)CC5)C(F)(F)C4)cccc32)nn2c(C(=O)NC3C[C@@H]3F)cnc12. The Bertz CT molecular complexity index is 2350. The Kier molecular flexibility index (Phi) is 10.1. The topological polar surface area (TPSA) is 151 Å². The van der Waals surface area contributed by atoms with E-state index in [2.05, 4.69) is 20.9 Å². The predicted molar refractivity (Wildman–Crippen MR) is 214 cm³/mol. The van der Waals surface area contributed by atoms with E-state index in [1.807, 2.05) is 34.1 Å². The summed E-state index contributed by atoms with van der Waals surface area (Å²) in [5, 5.41) is 13.1. The fourth-order valence-electron chi connectivity index (χ4n) is 8.76. The lowest BCUT2D eigenvalue weighted by Crippen LogP contribution is -2.62. The Morgan fingerprint density at radius 1 is 0.983 bits per heavy atom. The number of anilines is 4. The Morgan fingerprint density at radius 3 is 2.49 bits per heavy atom. The van der Waals surface area contributed by atoms with Crippen LogP contribution in [0.15, 0.2) is 48.7 Å². The number of carbonyl (C=O) groups excluding carboxylic acids is 4. The maximum atomic E-state index is 16.0. The van der Waals surface area contributed by atoms with Crippen molar-refractivity contribution in [3.05, 3.63) is 76.1 Å². The van der Waals surface area contributed by atoms with Crippen molar-refractivity contribution in [2.45, 2.75) is 56.4 Å². The van der Waals surface area contributed by atoms with E-state index in [9.17, 15) is 23.6 Å². The Labute approximate surface area is 342 Å². The summed E-state index contributed by atoms with van der Waals surface area (Å²) in [6.45, 7) is 2.30. The molecule has 4 aromatic rings. The van der Waals surface area contributed by atoms with Gasteiger partial charge in [-0.3, -0.25) is 34.4 Å². The van der Waals surface area contributed by atoms with E-state index in [1.54, 1.807) is 22.9 Å². The van der Waals surface area contributed by atoms with E-state index >= 15 is 8.78 Å². The average Bonchev–Trinajstić information content (AvgIpc) is 3.54. The number of imide groups is 1. The molecule has 310 valence electrons. The number of urea groups is 1. The van der Waals surface area contributed by atoms with E-state index in [1.165, 1.54) is 27.7 Å². The zero-order valence-electron chi connectivity index (χ0n) is 32.3. The molecule has 3 atom stereocenters. The molecule has 9 rings (SSSR count). The van der Waals surface area contributed by atoms with Gasteiger partial charge in [0, 0.05) is 89.6 Å². The molecule has 0 bridgehead atoms. The first kappa shape index (κ1) is 39.0. The molecule has 5 aliphatic rings. The summed E-state index contributed by atoms with van der Waals surface area (Å²) in [6, 6.07) is 10.3. The van der Waals surface area contributed by atoms with Crippen LogP contribution in [0, 0.1) is 0 Å². The largest absolute Gasteiger partial charge is 0.385 e. The molecule has 3 N–H and O–H groups in total. The third-order valence-corrected chi connectivity index (χ3v) is 12.3. The second-order valence-corrected chi connectivity index (χ2v) is 16.1. The first-order valence-electron chi connectivity index (χ1n) is 19.8. The minimum Gasteiger partial charge on any atom is -0.385 e. The van der Waals surface area contributed by atoms with Crippen LogP contribution in [0.1, 0.15) is 51.2 Å². The summed E-state index contributed by atoms with van der Waals surface area (Å²) in [4.78, 5) is 63.6. The summed E-state index contributed by atoms with van der Waals surface area (Å²) >= 11 is 6.37. The first-order valence-corrected chi connectivity index (χ1v) is 20.2. The molecule has 4 aliphatic heterocycles. The van der Waals surface area contributed by atoms with E-state index in [-0.39, 0.29) is 61.4 Å². The zero-order chi connectivity index (χ0) is 41.2. The van der Waals surface area contributed by atoms with Crippen LogP contribution in [-0.2, 0) is 17.8 Å². The molecule has 5 amide bonds. The molecule has 2 aromatic carbocycles. The second-order valence-electron chi connectivity index (χ2n) is 15.7. The fourth-order valence-corrected chi connectivity index (χ4v) is 8.98. The van der Waals surface area contributed by atoms with Crippen LogP contribution in [0.5, 0.6) is 0 Å². The number of benzene rings is 2. The van der Waals surface area contributed by atoms with E-state index < -0.39 is 42.7 Å². The number of nitrogens with zero attached hydrogens (tertiary/aromatic N) is 8. The number of halogens is 4. The van der Waals surface area contributed by atoms with Gasteiger partial charge in [0.15, 0.2) is 17.2 Å². The highest BCUT2D eigenvalue weighted by Crippen LogP contribution is 2.39. The smallest absolute Gasteiger partial charge is 0.328 e. The standard InChI is InChI=1S/C40H43ClF3N11O4/c1-45-29-19-34(49-55-32(20-46-36(29)55)37(57)47-28-18-27(28)42)53-11-7-25-24(3-2-4-30(25)53)21-50-10-8-33(40(43,44)22-50)51-13-15-52(16-14-51)38(58)23-5-6-26(41)31(17-23)54-12-9-35(56)48-39(54)59/h2-6,17,19-20,27-28,33,45H,7-16,18,21-22H2,1H3,(H,47,57)(H,48,56,59)/t27-,28?,33?/m0/s1. The third-order valence-electron chi connectivity index (χ3n) is 12.0. The highest BCUT2D eigenvalue weighted by atomic mass is 35.5. The molecule has 0 spiro atoms. The van der Waals surface area contributed by atoms with Crippen LogP contribution in [0.2, 0.25) is 5.02 Å². The predicted octanol–water partition coefficient (Wildman–Crippen LogP) is 4.07. The van der Waals surface area contributed by atoms with Crippen molar-refractivity contribution in [2.24, 2.45) is 0 Å². The Morgan fingerprint density at radius 2 is 1.76 bits per heavy atom. The van der Waals surface area contributed by atoms with Crippen molar-refractivity contribution >= 4 is 63.9 Å². The number of nitrogens with one attached hydrogen (secondary N) is 3. The van der Waals surface area contributed by atoms with Gasteiger partial charge in [-0.2, -0.15) is 0 Å². The van der Waals surface area contributed by atoms with E-state index in [4.69, 9.17) is 16.7 Å². The van der Waals surface area contributed by atoms with Crippen molar-refractivity contribution < 1.29 is 32.3 Å². The van der Waals surface area contributed by atoms with Gasteiger partial charge in [-0.15, -0.1) is 5.10 Å². The molecular weight excluding hydrogens is 791 g/mol. The molecule has 1 aliphatic carbocycles. The minimum absolute atomic E-state index is 0.108. The van der Waals surface area contributed by atoms with Gasteiger partial charge in [0.05, 0.1) is 41.2 Å². The van der Waals surface area contributed by atoms with Gasteiger partial charge >= 0.3 is 6.03 Å². The average molecular weight is 834 g/mol. The van der Waals surface area contributed by atoms with Gasteiger partial charge < -0.3 is 20.4 Å². The highest BCUT2D eigenvalue weighted by Gasteiger charge is 2.48. The normalized spacial score (nSPS) is 23.3. The molecule has 2 unspecified atom stereocenters. The molecule has 6 heterocycles. The fraction of sp³-hybridized carbons (Fsp3) is 0.450. The lowest BCUT2D eigenvalue weighted by atomic mass is 9.96. The van der Waals surface area contributed by atoms with Crippen molar-refractivity contribution in [1.29, 1.82) is 0 Å². The van der Waals surface area contributed by atoms with Crippen LogP contribution < -0.4 is 25.8 Å². The number of amides is 5. The number of carbonyl (C=O) groups is 4. The van der Waals surface area contributed by atoms with Gasteiger partial charge in [-0.05, 0) is 48.2 Å². The Hall–Kier alpha value is -5.46. The summed E-state index contributed by atoms with van der Waals surface area (Å²) in [7, 11) is 1.76. The molecule has 1 saturated carbocycles. The number of fused-ring (bicyclic) bond motifs is 2. The summed E-state index contributed by atoms with van der Waals surface area (Å²) in [5.74, 6) is -3.53. The highest BCUT2D eigenvalue weighted by molar-refractivity contribution is 6.34. The number of likely N-dealkylation sites (tertiary alicyclic amines) is 1. The maximum absolute atomic E-state index is 16.0. The van der Waals surface area contributed by atoms with Crippen molar-refractivity contribution in [3.63, 3.8) is 0 Å². The van der Waals surface area contributed by atoms with E-state index in [0.717, 1.165) is 16.8 Å². The van der Waals surface area contributed by atoms with Crippen molar-refractivity contribution in [1.82, 2.24) is 39.9 Å². The van der Waals surface area contributed by atoms with Crippen LogP contribution in [0.3, 0.4) is 0 Å². The number of hydrogen-bond donors (Lipinski definition) is 3. The maximum Gasteiger partial charge on any atom is 0.328 e. The molecule has 59 heavy (non-hydrogen) atoms. The Balaban J connectivity index is 0.838. The molecule has 2 aromatic heterocycles. The summed E-state index contributed by atoms with van der Waals surface area (Å²) < 4.78 is 47.1. The summed E-state index contributed by atoms with van der Waals surface area (Å²) in [6.07, 6.45) is 1.73. The van der Waals surface area contributed by atoms with Crippen LogP contribution in [0.4, 0.5) is 40.8 Å². The van der Waals surface area contributed by atoms with E-state index in [0.29, 0.717) is 67.5 Å². The lowest BCUT2D eigenvalue weighted by molar-refractivity contribution is -0.133. The van der Waals surface area contributed by atoms with Gasteiger partial charge in [0.25, 0.3) is 17.7 Å². The summed E-state index contributed by atoms with van der Waals surface area (Å²) in [5.41, 5.74) is 4.89. The third kappa shape index (κ3) is 7.41. The van der Waals surface area contributed by atoms with Gasteiger partial charge in [-0.25, -0.2) is 27.5 Å². The second kappa shape index (κ2) is 15.3. The molecule has 3 saturated heterocycles. The number of aromatic nitrogens is 3. The quantitative estimate of drug-likeness (QED) is 0.225. The molecule has 19 heteroatoms. The molecule has 15 nitrogen and oxygen atoms in total. The van der Waals surface area contributed by atoms with Crippen LogP contribution >= 0.6 is 11.6 Å². The number of imidazole rings is 1. The van der Waals surface area contributed by atoms with Crippen LogP contribution in [-0.4, -0.2) is 137 Å². The zero-order valence-corrected chi connectivity index (χ0v) is 33.0. The number of alkyl halides is 3. The molecule has 0 radical (unpaired) electrons. The number of piperazine rings is 1. The number of piperidine rings is 1. The first-order chi connectivity index (χ1) is 28.4. The monoisotopic (exact) mass is 833 g/mol. The lowest BCUT2D eigenvalue weighted by Gasteiger charge is -2.46. The van der Waals surface area contributed by atoms with Crippen molar-refractivity contribution in [3.8, 4) is 0 Å². The van der Waals surface area contributed by atoms with Gasteiger partial charge in [0.2, 0.25) is 5.91 Å². The van der Waals surface area contributed by atoms with Crippen LogP contribution in [0.25, 0.3) is 5.65 Å². The van der Waals surface area contributed by atoms with Crippen molar-refractivity contribution in [2.75, 3.05) is 74.5 Å². The van der Waals surface area contributed by atoms with Gasteiger partial charge in [0.1, 0.15) is 6.17 Å². The van der Waals surface area contributed by atoms with Gasteiger partial charge in [-0.1, -0.05) is 23.7 Å². The molecule has 4 fully saturated rings. The number of rotatable bonds is 9. The minimum atomic E-state index is -2.99. The number of hydrogen-bond acceptors (Lipinski definition) is 10.